The fraction of sp³-hybridized carbons (Fsp3) is 0.688. The number of nitrogens with one attached hydrogen (secondary N) is 1. The lowest BCUT2D eigenvalue weighted by molar-refractivity contribution is -0.149. The second-order valence-electron chi connectivity index (χ2n) is 7.09. The van der Waals surface area contributed by atoms with Gasteiger partial charge in [0.25, 0.3) is 5.91 Å². The van der Waals surface area contributed by atoms with Gasteiger partial charge in [0, 0.05) is 32.7 Å². The fourth-order valence-corrected chi connectivity index (χ4v) is 4.16. The molecule has 3 amide bonds. The van der Waals surface area contributed by atoms with E-state index in [1.54, 1.807) is 14.7 Å². The second-order valence-corrected chi connectivity index (χ2v) is 7.09. The van der Waals surface area contributed by atoms with Crippen LogP contribution in [0.15, 0.2) is 6.33 Å². The summed E-state index contributed by atoms with van der Waals surface area (Å²) in [6, 6.07) is 0. The highest BCUT2D eigenvalue weighted by Crippen LogP contribution is 2.59. The molecule has 9 heteroatoms. The Kier molecular flexibility index (Phi) is 3.73. The van der Waals surface area contributed by atoms with E-state index in [4.69, 9.17) is 0 Å². The van der Waals surface area contributed by atoms with Crippen molar-refractivity contribution in [2.24, 2.45) is 11.3 Å². The zero-order valence-electron chi connectivity index (χ0n) is 14.3. The minimum Gasteiger partial charge on any atom is -0.340 e. The number of fused-ring (bicyclic) bond motifs is 1. The van der Waals surface area contributed by atoms with Crippen molar-refractivity contribution >= 4 is 17.7 Å². The lowest BCUT2D eigenvalue weighted by Crippen LogP contribution is -2.55. The third-order valence-corrected chi connectivity index (χ3v) is 5.82. The Morgan fingerprint density at radius 1 is 1.32 bits per heavy atom. The third kappa shape index (κ3) is 2.58. The Balaban J connectivity index is 1.39. The number of likely N-dealkylation sites (N-methyl/N-ethyl adjacent to an activating group) is 1. The second kappa shape index (κ2) is 5.82. The Hall–Kier alpha value is -2.45. The van der Waals surface area contributed by atoms with Gasteiger partial charge in [0.1, 0.15) is 6.33 Å². The van der Waals surface area contributed by atoms with E-state index >= 15 is 0 Å². The molecule has 4 rings (SSSR count). The standard InChI is InChI=1S/C16H22N6O3/c1-2-20-5-6-22(9-12(20)23)15(25)16-3-4-21(8-11(16)7-16)14(24)13-17-10-18-19-13/h10-11H,2-9H2,1H3,(H,17,18,19)/t11-,16+/m0/s1. The summed E-state index contributed by atoms with van der Waals surface area (Å²) in [5.41, 5.74) is -0.368. The molecule has 1 N–H and O–H groups in total. The van der Waals surface area contributed by atoms with Crippen LogP contribution in [0.5, 0.6) is 0 Å². The molecular weight excluding hydrogens is 324 g/mol. The molecule has 0 unspecified atom stereocenters. The number of nitrogens with zero attached hydrogens (tertiary/aromatic N) is 5. The maximum absolute atomic E-state index is 13.0. The van der Waals surface area contributed by atoms with Gasteiger partial charge >= 0.3 is 0 Å². The first kappa shape index (κ1) is 16.0. The van der Waals surface area contributed by atoms with Gasteiger partial charge in [0.15, 0.2) is 0 Å². The molecule has 2 atom stereocenters. The molecule has 0 spiro atoms. The van der Waals surface area contributed by atoms with Crippen molar-refractivity contribution in [1.82, 2.24) is 29.9 Å². The monoisotopic (exact) mass is 346 g/mol. The van der Waals surface area contributed by atoms with Crippen molar-refractivity contribution in [3.05, 3.63) is 12.2 Å². The van der Waals surface area contributed by atoms with E-state index < -0.39 is 0 Å². The van der Waals surface area contributed by atoms with Crippen molar-refractivity contribution < 1.29 is 14.4 Å². The smallest absolute Gasteiger partial charge is 0.291 e. The SMILES string of the molecule is CCN1CCN(C(=O)[C@@]23CCN(C(=O)c4ncn[nH]4)C[C@@H]2C3)CC1=O. The van der Waals surface area contributed by atoms with Crippen LogP contribution in [-0.4, -0.2) is 86.9 Å². The molecule has 0 bridgehead atoms. The number of hydrogen-bond donors (Lipinski definition) is 1. The molecular formula is C16H22N6O3. The van der Waals surface area contributed by atoms with Crippen LogP contribution in [0.25, 0.3) is 0 Å². The Morgan fingerprint density at radius 2 is 2.16 bits per heavy atom. The molecule has 25 heavy (non-hydrogen) atoms. The van der Waals surface area contributed by atoms with Gasteiger partial charge in [-0.2, -0.15) is 5.10 Å². The lowest BCUT2D eigenvalue weighted by Gasteiger charge is -2.38. The average Bonchev–Trinajstić information content (AvgIpc) is 3.11. The van der Waals surface area contributed by atoms with E-state index in [2.05, 4.69) is 15.2 Å². The number of carbonyl (C=O) groups excluding carboxylic acids is 3. The highest BCUT2D eigenvalue weighted by molar-refractivity contribution is 5.93. The summed E-state index contributed by atoms with van der Waals surface area (Å²) in [5, 5.41) is 6.30. The molecule has 0 radical (unpaired) electrons. The summed E-state index contributed by atoms with van der Waals surface area (Å²) in [7, 11) is 0. The number of aromatic nitrogens is 3. The van der Waals surface area contributed by atoms with Gasteiger partial charge in [-0.05, 0) is 25.7 Å². The topological polar surface area (TPSA) is 102 Å². The van der Waals surface area contributed by atoms with Gasteiger partial charge in [0.05, 0.1) is 12.0 Å². The van der Waals surface area contributed by atoms with Gasteiger partial charge in [-0.25, -0.2) is 4.98 Å². The molecule has 1 saturated carbocycles. The molecule has 2 saturated heterocycles. The van der Waals surface area contributed by atoms with Crippen molar-refractivity contribution in [1.29, 1.82) is 0 Å². The summed E-state index contributed by atoms with van der Waals surface area (Å²) in [5.74, 6) is 0.361. The highest BCUT2D eigenvalue weighted by Gasteiger charge is 2.63. The van der Waals surface area contributed by atoms with Crippen molar-refractivity contribution in [3.8, 4) is 0 Å². The molecule has 9 nitrogen and oxygen atoms in total. The lowest BCUT2D eigenvalue weighted by atomic mass is 9.93. The van der Waals surface area contributed by atoms with E-state index in [1.165, 1.54) is 6.33 Å². The Morgan fingerprint density at radius 3 is 2.80 bits per heavy atom. The van der Waals surface area contributed by atoms with Gasteiger partial charge in [-0.3, -0.25) is 19.5 Å². The quantitative estimate of drug-likeness (QED) is 0.783. The molecule has 1 aliphatic carbocycles. The van der Waals surface area contributed by atoms with E-state index in [0.29, 0.717) is 39.1 Å². The van der Waals surface area contributed by atoms with E-state index in [9.17, 15) is 14.4 Å². The number of carbonyl (C=O) groups is 3. The van der Waals surface area contributed by atoms with Crippen LogP contribution in [0.4, 0.5) is 0 Å². The minimum absolute atomic E-state index is 0.0219. The van der Waals surface area contributed by atoms with Crippen LogP contribution in [0, 0.1) is 11.3 Å². The van der Waals surface area contributed by atoms with Gasteiger partial charge in [-0.1, -0.05) is 0 Å². The Bertz CT molecular complexity index is 705. The van der Waals surface area contributed by atoms with Gasteiger partial charge in [-0.15, -0.1) is 0 Å². The van der Waals surface area contributed by atoms with Crippen LogP contribution >= 0.6 is 0 Å². The average molecular weight is 346 g/mol. The molecule has 3 heterocycles. The zero-order valence-corrected chi connectivity index (χ0v) is 14.3. The first-order chi connectivity index (χ1) is 12.0. The number of aromatic amines is 1. The number of piperazine rings is 1. The van der Waals surface area contributed by atoms with Crippen LogP contribution in [0.1, 0.15) is 30.4 Å². The fourth-order valence-electron chi connectivity index (χ4n) is 4.16. The van der Waals surface area contributed by atoms with Crippen molar-refractivity contribution in [2.75, 3.05) is 39.3 Å². The van der Waals surface area contributed by atoms with Crippen LogP contribution < -0.4 is 0 Å². The summed E-state index contributed by atoms with van der Waals surface area (Å²) < 4.78 is 0. The number of likely N-dealkylation sites (tertiary alicyclic amines) is 1. The minimum atomic E-state index is -0.368. The highest BCUT2D eigenvalue weighted by atomic mass is 16.2. The molecule has 0 aromatic carbocycles. The predicted octanol–water partition coefficient (Wildman–Crippen LogP) is -0.652. The van der Waals surface area contributed by atoms with Crippen LogP contribution in [0.2, 0.25) is 0 Å². The van der Waals surface area contributed by atoms with Gasteiger partial charge in [0.2, 0.25) is 17.6 Å². The third-order valence-electron chi connectivity index (χ3n) is 5.82. The predicted molar refractivity (Wildman–Crippen MR) is 86.3 cm³/mol. The molecule has 134 valence electrons. The molecule has 2 aliphatic heterocycles. The number of hydrogen-bond acceptors (Lipinski definition) is 5. The Labute approximate surface area is 145 Å². The number of piperidine rings is 1. The first-order valence-electron chi connectivity index (χ1n) is 8.77. The van der Waals surface area contributed by atoms with Crippen LogP contribution in [-0.2, 0) is 9.59 Å². The molecule has 1 aromatic heterocycles. The number of rotatable bonds is 3. The van der Waals surface area contributed by atoms with Crippen LogP contribution in [0.3, 0.4) is 0 Å². The number of amides is 3. The molecule has 1 aromatic rings. The van der Waals surface area contributed by atoms with Crippen molar-refractivity contribution in [3.63, 3.8) is 0 Å². The number of H-pyrrole nitrogens is 1. The zero-order chi connectivity index (χ0) is 17.6. The normalized spacial score (nSPS) is 28.8. The molecule has 3 aliphatic rings. The summed E-state index contributed by atoms with van der Waals surface area (Å²) >= 11 is 0. The van der Waals surface area contributed by atoms with E-state index in [-0.39, 0.29) is 41.4 Å². The van der Waals surface area contributed by atoms with E-state index in [0.717, 1.165) is 6.42 Å². The van der Waals surface area contributed by atoms with Gasteiger partial charge < -0.3 is 14.7 Å². The summed E-state index contributed by atoms with van der Waals surface area (Å²) in [4.78, 5) is 46.6. The summed E-state index contributed by atoms with van der Waals surface area (Å²) in [6.07, 6.45) is 2.77. The largest absolute Gasteiger partial charge is 0.340 e. The first-order valence-corrected chi connectivity index (χ1v) is 8.77. The maximum Gasteiger partial charge on any atom is 0.291 e. The van der Waals surface area contributed by atoms with E-state index in [1.807, 2.05) is 6.92 Å². The molecule has 3 fully saturated rings. The van der Waals surface area contributed by atoms with Crippen molar-refractivity contribution in [2.45, 2.75) is 19.8 Å². The summed E-state index contributed by atoms with van der Waals surface area (Å²) in [6.45, 7) is 5.13. The maximum atomic E-state index is 13.0.